The highest BCUT2D eigenvalue weighted by Crippen LogP contribution is 2.38. The lowest BCUT2D eigenvalue weighted by Gasteiger charge is -2.25. The standard InChI is InChI=1S/C14H14N2O5/c1-8(17)19-7-13(18)21-10-2-3-12-11(4-10)14-9(6-20-12)5-15-16-14/h2-5,14-16H,6-7H2,1H3. The molecule has 2 aliphatic rings. The Labute approximate surface area is 120 Å². The number of benzene rings is 1. The van der Waals surface area contributed by atoms with Crippen molar-refractivity contribution in [2.75, 3.05) is 13.2 Å². The molecule has 0 spiro atoms. The van der Waals surface area contributed by atoms with E-state index < -0.39 is 18.5 Å². The molecule has 1 unspecified atom stereocenters. The SMILES string of the molecule is CC(=O)OCC(=O)Oc1ccc2c(c1)C1NNC=C1CO2. The molecular weight excluding hydrogens is 276 g/mol. The maximum Gasteiger partial charge on any atom is 0.349 e. The highest BCUT2D eigenvalue weighted by Gasteiger charge is 2.29. The molecule has 7 nitrogen and oxygen atoms in total. The van der Waals surface area contributed by atoms with Gasteiger partial charge in [-0.25, -0.2) is 10.2 Å². The molecule has 0 bridgehead atoms. The van der Waals surface area contributed by atoms with Crippen molar-refractivity contribution >= 4 is 11.9 Å². The predicted octanol–water partition coefficient (Wildman–Crippen LogP) is 0.580. The van der Waals surface area contributed by atoms with Crippen LogP contribution in [0.15, 0.2) is 30.0 Å². The number of ether oxygens (including phenoxy) is 3. The Morgan fingerprint density at radius 3 is 3.10 bits per heavy atom. The van der Waals surface area contributed by atoms with E-state index in [2.05, 4.69) is 15.6 Å². The molecule has 2 heterocycles. The summed E-state index contributed by atoms with van der Waals surface area (Å²) in [7, 11) is 0. The number of hydrogen-bond donors (Lipinski definition) is 2. The maximum atomic E-state index is 11.5. The largest absolute Gasteiger partial charge is 0.489 e. The van der Waals surface area contributed by atoms with Gasteiger partial charge >= 0.3 is 11.9 Å². The Morgan fingerprint density at radius 1 is 1.43 bits per heavy atom. The van der Waals surface area contributed by atoms with E-state index in [0.717, 1.165) is 16.9 Å². The number of carbonyl (C=O) groups is 2. The number of carbonyl (C=O) groups excluding carboxylic acids is 2. The molecular formula is C14H14N2O5. The highest BCUT2D eigenvalue weighted by molar-refractivity contribution is 5.77. The number of nitrogens with one attached hydrogen (secondary N) is 2. The number of hydrazine groups is 1. The number of fused-ring (bicyclic) bond motifs is 3. The van der Waals surface area contributed by atoms with Gasteiger partial charge in [0.05, 0.1) is 6.04 Å². The Morgan fingerprint density at radius 2 is 2.29 bits per heavy atom. The van der Waals surface area contributed by atoms with Crippen LogP contribution in [0.2, 0.25) is 0 Å². The molecule has 0 fully saturated rings. The Kier molecular flexibility index (Phi) is 3.49. The third-order valence-corrected chi connectivity index (χ3v) is 3.17. The van der Waals surface area contributed by atoms with Crippen LogP contribution in [0.4, 0.5) is 0 Å². The molecule has 0 aromatic heterocycles. The van der Waals surface area contributed by atoms with Crippen LogP contribution in [0.1, 0.15) is 18.5 Å². The summed E-state index contributed by atoms with van der Waals surface area (Å²) in [5.74, 6) is -0.0328. The first-order valence-electron chi connectivity index (χ1n) is 6.44. The van der Waals surface area contributed by atoms with Crippen molar-refractivity contribution in [1.82, 2.24) is 10.9 Å². The second kappa shape index (κ2) is 5.45. The van der Waals surface area contributed by atoms with Gasteiger partial charge in [0, 0.05) is 24.3 Å². The molecule has 2 aliphatic heterocycles. The van der Waals surface area contributed by atoms with Crippen molar-refractivity contribution in [2.24, 2.45) is 0 Å². The third-order valence-electron chi connectivity index (χ3n) is 3.17. The van der Waals surface area contributed by atoms with E-state index in [1.54, 1.807) is 18.2 Å². The monoisotopic (exact) mass is 290 g/mol. The summed E-state index contributed by atoms with van der Waals surface area (Å²) in [5, 5.41) is 0. The van der Waals surface area contributed by atoms with E-state index >= 15 is 0 Å². The minimum atomic E-state index is -0.629. The summed E-state index contributed by atoms with van der Waals surface area (Å²) in [6, 6.07) is 5.13. The number of rotatable bonds is 3. The van der Waals surface area contributed by atoms with Crippen molar-refractivity contribution in [3.05, 3.63) is 35.5 Å². The highest BCUT2D eigenvalue weighted by atomic mass is 16.6. The van der Waals surface area contributed by atoms with Crippen molar-refractivity contribution in [2.45, 2.75) is 13.0 Å². The van der Waals surface area contributed by atoms with E-state index in [4.69, 9.17) is 9.47 Å². The van der Waals surface area contributed by atoms with Gasteiger partial charge in [-0.15, -0.1) is 0 Å². The minimum absolute atomic E-state index is 0.000807. The van der Waals surface area contributed by atoms with E-state index in [1.807, 2.05) is 6.20 Å². The Bertz CT molecular complexity index is 626. The molecule has 0 saturated carbocycles. The van der Waals surface area contributed by atoms with Crippen LogP contribution in [0.3, 0.4) is 0 Å². The molecule has 21 heavy (non-hydrogen) atoms. The molecule has 2 N–H and O–H groups in total. The van der Waals surface area contributed by atoms with Crippen LogP contribution in [-0.4, -0.2) is 25.2 Å². The lowest BCUT2D eigenvalue weighted by atomic mass is 9.98. The molecule has 0 radical (unpaired) electrons. The zero-order valence-corrected chi connectivity index (χ0v) is 11.3. The molecule has 1 atom stereocenters. The second-order valence-electron chi connectivity index (χ2n) is 4.68. The fourth-order valence-corrected chi connectivity index (χ4v) is 2.23. The fraction of sp³-hybridized carbons (Fsp3) is 0.286. The summed E-state index contributed by atoms with van der Waals surface area (Å²) in [6.45, 7) is 1.34. The molecule has 1 aromatic carbocycles. The fourth-order valence-electron chi connectivity index (χ4n) is 2.23. The van der Waals surface area contributed by atoms with Gasteiger partial charge in [0.2, 0.25) is 0 Å². The van der Waals surface area contributed by atoms with Crippen LogP contribution in [0, 0.1) is 0 Å². The summed E-state index contributed by atoms with van der Waals surface area (Å²) in [6.07, 6.45) is 1.85. The molecule has 1 aromatic rings. The quantitative estimate of drug-likeness (QED) is 0.622. The van der Waals surface area contributed by atoms with E-state index in [9.17, 15) is 9.59 Å². The van der Waals surface area contributed by atoms with Gasteiger partial charge in [0.25, 0.3) is 0 Å². The molecule has 7 heteroatoms. The minimum Gasteiger partial charge on any atom is -0.489 e. The lowest BCUT2D eigenvalue weighted by molar-refractivity contribution is -0.152. The van der Waals surface area contributed by atoms with Crippen LogP contribution >= 0.6 is 0 Å². The second-order valence-corrected chi connectivity index (χ2v) is 4.68. The molecule has 3 rings (SSSR count). The normalized spacial score (nSPS) is 18.5. The first-order valence-corrected chi connectivity index (χ1v) is 6.44. The van der Waals surface area contributed by atoms with E-state index in [1.165, 1.54) is 6.92 Å². The molecule has 0 amide bonds. The Balaban J connectivity index is 1.74. The number of hydrogen-bond acceptors (Lipinski definition) is 7. The van der Waals surface area contributed by atoms with E-state index in [0.29, 0.717) is 12.4 Å². The van der Waals surface area contributed by atoms with Gasteiger partial charge in [-0.3, -0.25) is 4.79 Å². The van der Waals surface area contributed by atoms with Crippen LogP contribution in [0.25, 0.3) is 0 Å². The van der Waals surface area contributed by atoms with Crippen LogP contribution in [0.5, 0.6) is 11.5 Å². The van der Waals surface area contributed by atoms with Crippen LogP contribution in [-0.2, 0) is 14.3 Å². The summed E-state index contributed by atoms with van der Waals surface area (Å²) in [4.78, 5) is 22.2. The number of esters is 2. The zero-order chi connectivity index (χ0) is 14.8. The molecule has 110 valence electrons. The molecule has 0 aliphatic carbocycles. The summed E-state index contributed by atoms with van der Waals surface area (Å²) in [5.41, 5.74) is 8.00. The van der Waals surface area contributed by atoms with Crippen molar-refractivity contribution in [1.29, 1.82) is 0 Å². The lowest BCUT2D eigenvalue weighted by Crippen LogP contribution is -2.28. The summed E-state index contributed by atoms with van der Waals surface area (Å²) < 4.78 is 15.3. The van der Waals surface area contributed by atoms with Gasteiger partial charge in [-0.05, 0) is 18.2 Å². The topological polar surface area (TPSA) is 85.9 Å². The molecule has 0 saturated heterocycles. The van der Waals surface area contributed by atoms with Crippen molar-refractivity contribution < 1.29 is 23.8 Å². The zero-order valence-electron chi connectivity index (χ0n) is 11.3. The van der Waals surface area contributed by atoms with Gasteiger partial charge in [-0.1, -0.05) is 0 Å². The average molecular weight is 290 g/mol. The Hall–Kier alpha value is -2.54. The van der Waals surface area contributed by atoms with E-state index in [-0.39, 0.29) is 6.04 Å². The van der Waals surface area contributed by atoms with Crippen molar-refractivity contribution in [3.63, 3.8) is 0 Å². The smallest absolute Gasteiger partial charge is 0.349 e. The maximum absolute atomic E-state index is 11.5. The first kappa shape index (κ1) is 13.4. The predicted molar refractivity (Wildman–Crippen MR) is 71.3 cm³/mol. The first-order chi connectivity index (χ1) is 10.1. The van der Waals surface area contributed by atoms with Gasteiger partial charge in [0.1, 0.15) is 18.1 Å². The average Bonchev–Trinajstić information content (AvgIpc) is 2.94. The van der Waals surface area contributed by atoms with Gasteiger partial charge in [0.15, 0.2) is 6.61 Å². The van der Waals surface area contributed by atoms with Gasteiger partial charge < -0.3 is 19.6 Å². The summed E-state index contributed by atoms with van der Waals surface area (Å²) >= 11 is 0. The third kappa shape index (κ3) is 2.82. The van der Waals surface area contributed by atoms with Gasteiger partial charge in [-0.2, -0.15) is 0 Å². The van der Waals surface area contributed by atoms with Crippen molar-refractivity contribution in [3.8, 4) is 11.5 Å². The van der Waals surface area contributed by atoms with Crippen LogP contribution < -0.4 is 20.3 Å².